The van der Waals surface area contributed by atoms with Gasteiger partial charge in [-0.1, -0.05) is 30.3 Å². The lowest BCUT2D eigenvalue weighted by Crippen LogP contribution is -2.33. The van der Waals surface area contributed by atoms with Crippen molar-refractivity contribution < 1.29 is 4.79 Å². The van der Waals surface area contributed by atoms with Gasteiger partial charge in [0.15, 0.2) is 0 Å². The van der Waals surface area contributed by atoms with Gasteiger partial charge in [0.25, 0.3) is 0 Å². The van der Waals surface area contributed by atoms with Gasteiger partial charge in [-0.15, -0.1) is 0 Å². The van der Waals surface area contributed by atoms with Gasteiger partial charge in [0.05, 0.1) is 0 Å². The van der Waals surface area contributed by atoms with Crippen molar-refractivity contribution in [3.63, 3.8) is 0 Å². The molecule has 0 saturated heterocycles. The van der Waals surface area contributed by atoms with Gasteiger partial charge in [0.2, 0.25) is 0 Å². The summed E-state index contributed by atoms with van der Waals surface area (Å²) in [4.78, 5) is 12.0. The summed E-state index contributed by atoms with van der Waals surface area (Å²) >= 11 is 0. The molecular formula is C16H21NO. The average molecular weight is 243 g/mol. The highest BCUT2D eigenvalue weighted by molar-refractivity contribution is 5.87. The van der Waals surface area contributed by atoms with Crippen LogP contribution in [0.3, 0.4) is 0 Å². The molecule has 2 bridgehead atoms. The molecule has 3 rings (SSSR count). The molecule has 3 atom stereocenters. The van der Waals surface area contributed by atoms with Crippen LogP contribution in [0, 0.1) is 17.8 Å². The van der Waals surface area contributed by atoms with Gasteiger partial charge >= 0.3 is 0 Å². The second kappa shape index (κ2) is 5.23. The standard InChI is InChI=1S/C16H21NO/c18-16-14-7-6-13(10-14)15(16)11-17-9-8-12-4-2-1-3-5-12/h1-5,13-15,17H,6-11H2. The van der Waals surface area contributed by atoms with Crippen LogP contribution in [0.1, 0.15) is 24.8 Å². The summed E-state index contributed by atoms with van der Waals surface area (Å²) in [7, 11) is 0. The van der Waals surface area contributed by atoms with Gasteiger partial charge in [-0.2, -0.15) is 0 Å². The van der Waals surface area contributed by atoms with E-state index in [1.807, 2.05) is 6.07 Å². The zero-order valence-electron chi connectivity index (χ0n) is 10.8. The minimum atomic E-state index is 0.319. The number of hydrogen-bond acceptors (Lipinski definition) is 2. The minimum absolute atomic E-state index is 0.319. The van der Waals surface area contributed by atoms with E-state index in [2.05, 4.69) is 29.6 Å². The van der Waals surface area contributed by atoms with Gasteiger partial charge in [-0.05, 0) is 43.7 Å². The Labute approximate surface area is 109 Å². The van der Waals surface area contributed by atoms with E-state index in [9.17, 15) is 4.79 Å². The molecule has 2 nitrogen and oxygen atoms in total. The van der Waals surface area contributed by atoms with E-state index >= 15 is 0 Å². The van der Waals surface area contributed by atoms with E-state index in [1.165, 1.54) is 18.4 Å². The van der Waals surface area contributed by atoms with Crippen LogP contribution in [0.4, 0.5) is 0 Å². The van der Waals surface area contributed by atoms with Crippen LogP contribution >= 0.6 is 0 Å². The lowest BCUT2D eigenvalue weighted by Gasteiger charge is -2.20. The zero-order valence-corrected chi connectivity index (χ0v) is 10.8. The fourth-order valence-electron chi connectivity index (χ4n) is 3.58. The van der Waals surface area contributed by atoms with Crippen LogP contribution in [0.5, 0.6) is 0 Å². The first-order chi connectivity index (χ1) is 8.84. The van der Waals surface area contributed by atoms with Crippen LogP contribution in [-0.2, 0) is 11.2 Å². The summed E-state index contributed by atoms with van der Waals surface area (Å²) in [6.45, 7) is 1.87. The highest BCUT2D eigenvalue weighted by Crippen LogP contribution is 2.45. The predicted octanol–water partition coefficient (Wildman–Crippen LogP) is 2.43. The maximum absolute atomic E-state index is 12.0. The number of carbonyl (C=O) groups is 1. The van der Waals surface area contributed by atoms with Gasteiger partial charge in [0, 0.05) is 18.4 Å². The number of rotatable bonds is 5. The highest BCUT2D eigenvalue weighted by Gasteiger charge is 2.46. The number of ketones is 1. The number of Topliss-reactive ketones (excluding diaryl/α,β-unsaturated/α-hetero) is 1. The lowest BCUT2D eigenvalue weighted by molar-refractivity contribution is -0.125. The van der Waals surface area contributed by atoms with Gasteiger partial charge in [-0.3, -0.25) is 4.79 Å². The third-order valence-electron chi connectivity index (χ3n) is 4.61. The van der Waals surface area contributed by atoms with Crippen molar-refractivity contribution in [2.75, 3.05) is 13.1 Å². The van der Waals surface area contributed by atoms with E-state index in [0.717, 1.165) is 25.9 Å². The van der Waals surface area contributed by atoms with Crippen molar-refractivity contribution in [2.24, 2.45) is 17.8 Å². The van der Waals surface area contributed by atoms with Crippen LogP contribution < -0.4 is 5.32 Å². The molecule has 2 heteroatoms. The molecule has 2 aliphatic rings. The maximum Gasteiger partial charge on any atom is 0.140 e. The van der Waals surface area contributed by atoms with Crippen LogP contribution in [-0.4, -0.2) is 18.9 Å². The quantitative estimate of drug-likeness (QED) is 0.805. The molecule has 2 fully saturated rings. The normalized spacial score (nSPS) is 30.0. The maximum atomic E-state index is 12.0. The molecule has 0 aromatic heterocycles. The zero-order chi connectivity index (χ0) is 12.4. The number of fused-ring (bicyclic) bond motifs is 2. The molecule has 0 radical (unpaired) electrons. The van der Waals surface area contributed by atoms with Crippen molar-refractivity contribution in [2.45, 2.75) is 25.7 Å². The third kappa shape index (κ3) is 2.35. The summed E-state index contributed by atoms with van der Waals surface area (Å²) in [5.74, 6) is 1.96. The molecule has 1 aromatic carbocycles. The monoisotopic (exact) mass is 243 g/mol. The van der Waals surface area contributed by atoms with E-state index in [0.29, 0.717) is 23.5 Å². The number of nitrogens with one attached hydrogen (secondary N) is 1. The third-order valence-corrected chi connectivity index (χ3v) is 4.61. The number of carbonyl (C=O) groups excluding carboxylic acids is 1. The van der Waals surface area contributed by atoms with E-state index in [1.54, 1.807) is 0 Å². The number of benzene rings is 1. The minimum Gasteiger partial charge on any atom is -0.316 e. The summed E-state index contributed by atoms with van der Waals surface area (Å²) in [6.07, 6.45) is 4.66. The van der Waals surface area contributed by atoms with Gasteiger partial charge in [-0.25, -0.2) is 0 Å². The Bertz CT molecular complexity index is 414. The molecular weight excluding hydrogens is 222 g/mol. The summed E-state index contributed by atoms with van der Waals surface area (Å²) < 4.78 is 0. The van der Waals surface area contributed by atoms with Crippen LogP contribution in [0.25, 0.3) is 0 Å². The van der Waals surface area contributed by atoms with Crippen molar-refractivity contribution in [1.29, 1.82) is 0 Å². The largest absolute Gasteiger partial charge is 0.316 e. The Hall–Kier alpha value is -1.15. The van der Waals surface area contributed by atoms with E-state index < -0.39 is 0 Å². The fraction of sp³-hybridized carbons (Fsp3) is 0.562. The molecule has 1 aromatic rings. The highest BCUT2D eigenvalue weighted by atomic mass is 16.1. The Morgan fingerprint density at radius 3 is 2.72 bits per heavy atom. The molecule has 0 aliphatic heterocycles. The SMILES string of the molecule is O=C1C2CCC(C2)C1CNCCc1ccccc1. The molecule has 1 N–H and O–H groups in total. The molecule has 2 saturated carbocycles. The Morgan fingerprint density at radius 2 is 2.00 bits per heavy atom. The molecule has 96 valence electrons. The first kappa shape index (κ1) is 11.9. The lowest BCUT2D eigenvalue weighted by atomic mass is 9.87. The van der Waals surface area contributed by atoms with Gasteiger partial charge in [0.1, 0.15) is 5.78 Å². The second-order valence-corrected chi connectivity index (χ2v) is 5.72. The summed E-state index contributed by atoms with van der Waals surface area (Å²) in [5, 5.41) is 3.47. The van der Waals surface area contributed by atoms with E-state index in [-0.39, 0.29) is 0 Å². The first-order valence-corrected chi connectivity index (χ1v) is 7.13. The second-order valence-electron chi connectivity index (χ2n) is 5.72. The molecule has 18 heavy (non-hydrogen) atoms. The van der Waals surface area contributed by atoms with Crippen LogP contribution in [0.15, 0.2) is 30.3 Å². The van der Waals surface area contributed by atoms with Crippen molar-refractivity contribution in [3.05, 3.63) is 35.9 Å². The Balaban J connectivity index is 1.42. The van der Waals surface area contributed by atoms with Gasteiger partial charge < -0.3 is 5.32 Å². The smallest absolute Gasteiger partial charge is 0.140 e. The average Bonchev–Trinajstić information content (AvgIpc) is 2.98. The summed E-state index contributed by atoms with van der Waals surface area (Å²) in [5.41, 5.74) is 1.37. The predicted molar refractivity (Wildman–Crippen MR) is 72.3 cm³/mol. The van der Waals surface area contributed by atoms with Crippen molar-refractivity contribution >= 4 is 5.78 Å². The molecule has 0 heterocycles. The molecule has 3 unspecified atom stereocenters. The fourth-order valence-corrected chi connectivity index (χ4v) is 3.58. The van der Waals surface area contributed by atoms with Crippen LogP contribution in [0.2, 0.25) is 0 Å². The van der Waals surface area contributed by atoms with Crippen molar-refractivity contribution in [1.82, 2.24) is 5.32 Å². The molecule has 0 spiro atoms. The Morgan fingerprint density at radius 1 is 1.17 bits per heavy atom. The molecule has 0 amide bonds. The summed E-state index contributed by atoms with van der Waals surface area (Å²) in [6, 6.07) is 10.5. The molecule has 2 aliphatic carbocycles. The topological polar surface area (TPSA) is 29.1 Å². The van der Waals surface area contributed by atoms with Crippen molar-refractivity contribution in [3.8, 4) is 0 Å². The Kier molecular flexibility index (Phi) is 3.46. The van der Waals surface area contributed by atoms with E-state index in [4.69, 9.17) is 0 Å². The first-order valence-electron chi connectivity index (χ1n) is 7.13. The number of hydrogen-bond donors (Lipinski definition) is 1.